The van der Waals surface area contributed by atoms with Gasteiger partial charge in [-0.3, -0.25) is 9.63 Å². The van der Waals surface area contributed by atoms with Gasteiger partial charge in [-0.1, -0.05) is 6.07 Å². The summed E-state index contributed by atoms with van der Waals surface area (Å²) in [5.74, 6) is 1.70. The van der Waals surface area contributed by atoms with Gasteiger partial charge in [-0.15, -0.1) is 0 Å². The number of imidazole rings is 1. The zero-order valence-corrected chi connectivity index (χ0v) is 17.7. The Labute approximate surface area is 184 Å². The van der Waals surface area contributed by atoms with Gasteiger partial charge in [-0.05, 0) is 48.4 Å². The fraction of sp³-hybridized carbons (Fsp3) is 0.217. The Kier molecular flexibility index (Phi) is 4.95. The molecule has 0 spiro atoms. The summed E-state index contributed by atoms with van der Waals surface area (Å²) in [6.45, 7) is 0.507. The molecule has 1 amide bonds. The minimum atomic E-state index is -0.209. The first-order valence-corrected chi connectivity index (χ1v) is 10.2. The van der Waals surface area contributed by atoms with Crippen LogP contribution in [0.1, 0.15) is 27.7 Å². The quantitative estimate of drug-likeness (QED) is 0.478. The zero-order chi connectivity index (χ0) is 22.2. The summed E-state index contributed by atoms with van der Waals surface area (Å²) in [7, 11) is 3.04. The summed E-state index contributed by atoms with van der Waals surface area (Å²) in [5, 5.41) is 1.20. The molecule has 1 aliphatic rings. The number of nitrogens with one attached hydrogen (secondary N) is 1. The van der Waals surface area contributed by atoms with Crippen molar-refractivity contribution < 1.29 is 14.4 Å². The summed E-state index contributed by atoms with van der Waals surface area (Å²) in [6.07, 6.45) is 2.35. The second kappa shape index (κ2) is 7.93. The Morgan fingerprint density at radius 1 is 1.22 bits per heavy atom. The number of amides is 1. The van der Waals surface area contributed by atoms with E-state index in [-0.39, 0.29) is 17.8 Å². The summed E-state index contributed by atoms with van der Waals surface area (Å²) in [5.41, 5.74) is 10.7. The molecule has 0 saturated carbocycles. The summed E-state index contributed by atoms with van der Waals surface area (Å²) in [4.78, 5) is 33.9. The van der Waals surface area contributed by atoms with E-state index in [1.165, 1.54) is 12.2 Å². The molecule has 0 saturated heterocycles. The molecule has 3 N–H and O–H groups in total. The smallest absolute Gasteiger partial charge is 0.277 e. The van der Waals surface area contributed by atoms with Gasteiger partial charge in [0.15, 0.2) is 0 Å². The summed E-state index contributed by atoms with van der Waals surface area (Å²) >= 11 is 0. The third-order valence-corrected chi connectivity index (χ3v) is 5.63. The third-order valence-electron chi connectivity index (χ3n) is 5.63. The van der Waals surface area contributed by atoms with Gasteiger partial charge < -0.3 is 15.5 Å². The number of hydrogen-bond donors (Lipinski definition) is 2. The normalized spacial score (nSPS) is 15.2. The highest BCUT2D eigenvalue weighted by atomic mass is 16.7. The fourth-order valence-electron chi connectivity index (χ4n) is 3.88. The van der Waals surface area contributed by atoms with Crippen LogP contribution in [0.2, 0.25) is 0 Å². The van der Waals surface area contributed by atoms with Gasteiger partial charge in [-0.2, -0.15) is 0 Å². The molecule has 3 heterocycles. The molecule has 0 bridgehead atoms. The van der Waals surface area contributed by atoms with Crippen molar-refractivity contribution in [3.05, 3.63) is 65.6 Å². The van der Waals surface area contributed by atoms with E-state index in [4.69, 9.17) is 20.3 Å². The topological polar surface area (TPSA) is 119 Å². The maximum atomic E-state index is 12.4. The predicted octanol–water partition coefficient (Wildman–Crippen LogP) is 2.95. The largest absolute Gasteiger partial charge is 0.493 e. The highest BCUT2D eigenvalue weighted by molar-refractivity contribution is 5.93. The summed E-state index contributed by atoms with van der Waals surface area (Å²) < 4.78 is 5.97. The Bertz CT molecular complexity index is 1320. The molecule has 1 aliphatic heterocycles. The molecule has 2 aromatic carbocycles. The van der Waals surface area contributed by atoms with Crippen LogP contribution in [-0.2, 0) is 11.3 Å². The van der Waals surface area contributed by atoms with E-state index in [1.807, 2.05) is 36.4 Å². The van der Waals surface area contributed by atoms with Crippen molar-refractivity contribution in [1.82, 2.24) is 25.0 Å². The van der Waals surface area contributed by atoms with E-state index in [1.54, 1.807) is 19.3 Å². The molecule has 0 fully saturated rings. The lowest BCUT2D eigenvalue weighted by molar-refractivity contribution is -0.0757. The number of nitrogens with two attached hydrogens (primary N) is 1. The van der Waals surface area contributed by atoms with Crippen molar-refractivity contribution >= 4 is 22.9 Å². The van der Waals surface area contributed by atoms with E-state index in [9.17, 15) is 4.79 Å². The highest BCUT2D eigenvalue weighted by Crippen LogP contribution is 2.33. The van der Waals surface area contributed by atoms with Crippen molar-refractivity contribution in [2.75, 3.05) is 26.5 Å². The minimum Gasteiger partial charge on any atom is -0.493 e. The second-order valence-corrected chi connectivity index (χ2v) is 7.67. The van der Waals surface area contributed by atoms with Crippen LogP contribution in [0, 0.1) is 0 Å². The number of nitrogen functional groups attached to an aromatic ring is 1. The van der Waals surface area contributed by atoms with Crippen LogP contribution in [0.5, 0.6) is 5.75 Å². The lowest BCUT2D eigenvalue weighted by Crippen LogP contribution is -2.26. The highest BCUT2D eigenvalue weighted by Gasteiger charge is 2.25. The average Bonchev–Trinajstić information content (AvgIpc) is 3.26. The molecule has 9 heteroatoms. The lowest BCUT2D eigenvalue weighted by atomic mass is 9.94. The van der Waals surface area contributed by atoms with Gasteiger partial charge in [0, 0.05) is 24.4 Å². The number of fused-ring (bicyclic) bond motifs is 2. The molecule has 4 aromatic rings. The van der Waals surface area contributed by atoms with Gasteiger partial charge in [0.05, 0.1) is 36.4 Å². The first-order chi connectivity index (χ1) is 15.5. The van der Waals surface area contributed by atoms with Crippen LogP contribution in [0.4, 0.5) is 5.95 Å². The minimum absolute atomic E-state index is 0.0403. The first kappa shape index (κ1) is 20.0. The van der Waals surface area contributed by atoms with Gasteiger partial charge in [0.25, 0.3) is 5.91 Å². The van der Waals surface area contributed by atoms with Gasteiger partial charge in [0.2, 0.25) is 5.95 Å². The lowest BCUT2D eigenvalue weighted by Gasteiger charge is -2.24. The summed E-state index contributed by atoms with van der Waals surface area (Å²) in [6, 6.07) is 13.2. The number of carbonyl (C=O) groups excluding carboxylic acids is 1. The fourth-order valence-corrected chi connectivity index (χ4v) is 3.88. The molecule has 162 valence electrons. The van der Waals surface area contributed by atoms with Crippen molar-refractivity contribution in [3.63, 3.8) is 0 Å². The van der Waals surface area contributed by atoms with Crippen LogP contribution < -0.4 is 10.5 Å². The number of benzene rings is 2. The number of hydroxylamine groups is 2. The number of aromatic nitrogens is 4. The van der Waals surface area contributed by atoms with Crippen molar-refractivity contribution in [2.45, 2.75) is 12.3 Å². The van der Waals surface area contributed by atoms with Gasteiger partial charge in [-0.25, -0.2) is 20.0 Å². The van der Waals surface area contributed by atoms with E-state index in [0.29, 0.717) is 18.6 Å². The van der Waals surface area contributed by atoms with E-state index < -0.39 is 0 Å². The number of hydrogen-bond acceptors (Lipinski definition) is 7. The van der Waals surface area contributed by atoms with Crippen molar-refractivity contribution in [2.24, 2.45) is 0 Å². The second-order valence-electron chi connectivity index (χ2n) is 7.67. The molecule has 1 atom stereocenters. The number of rotatable bonds is 4. The molecule has 5 rings (SSSR count). The molecular weight excluding hydrogens is 408 g/mol. The van der Waals surface area contributed by atoms with Crippen molar-refractivity contribution in [1.29, 1.82) is 0 Å². The Hall–Kier alpha value is -3.98. The monoisotopic (exact) mass is 430 g/mol. The molecule has 0 radical (unpaired) electrons. The third kappa shape index (κ3) is 3.63. The van der Waals surface area contributed by atoms with Crippen molar-refractivity contribution in [3.8, 4) is 17.0 Å². The molecule has 0 aliphatic carbocycles. The van der Waals surface area contributed by atoms with Crippen LogP contribution in [0.25, 0.3) is 22.3 Å². The molecule has 9 nitrogen and oxygen atoms in total. The standard InChI is InChI=1S/C23H22N6O3/c1-29(31-2)22(30)14-4-6-20-15(9-14)10-16(12-32-20)21-26-18-5-3-13(11-19(18)27-21)17-7-8-25-23(24)28-17/h3-9,11,16H,10,12H2,1-2H3,(H,26,27)(H2,24,25,28). The van der Waals surface area contributed by atoms with Gasteiger partial charge in [0.1, 0.15) is 11.6 Å². The average molecular weight is 430 g/mol. The molecule has 1 unspecified atom stereocenters. The number of ether oxygens (including phenoxy) is 1. The predicted molar refractivity (Wildman–Crippen MR) is 119 cm³/mol. The Morgan fingerprint density at radius 2 is 2.09 bits per heavy atom. The Morgan fingerprint density at radius 3 is 2.91 bits per heavy atom. The number of aromatic amines is 1. The van der Waals surface area contributed by atoms with Crippen LogP contribution in [0.15, 0.2) is 48.7 Å². The SMILES string of the molecule is CON(C)C(=O)c1ccc2c(c1)CC(c1nc3cc(-c4ccnc(N)n4)ccc3[nH]1)CO2. The van der Waals surface area contributed by atoms with Gasteiger partial charge >= 0.3 is 0 Å². The van der Waals surface area contributed by atoms with Crippen LogP contribution >= 0.6 is 0 Å². The number of carbonyl (C=O) groups is 1. The molecular formula is C23H22N6O3. The zero-order valence-electron chi connectivity index (χ0n) is 17.7. The maximum Gasteiger partial charge on any atom is 0.277 e. The first-order valence-electron chi connectivity index (χ1n) is 10.2. The Balaban J connectivity index is 1.42. The number of H-pyrrole nitrogens is 1. The van der Waals surface area contributed by atoms with E-state index in [0.717, 1.165) is 39.4 Å². The van der Waals surface area contributed by atoms with Crippen LogP contribution in [0.3, 0.4) is 0 Å². The number of nitrogens with zero attached hydrogens (tertiary/aromatic N) is 4. The van der Waals surface area contributed by atoms with E-state index >= 15 is 0 Å². The molecule has 2 aromatic heterocycles. The number of anilines is 1. The van der Waals surface area contributed by atoms with Crippen LogP contribution in [-0.4, -0.2) is 51.7 Å². The molecule has 32 heavy (non-hydrogen) atoms. The maximum absolute atomic E-state index is 12.4. The van der Waals surface area contributed by atoms with E-state index in [2.05, 4.69) is 15.0 Å².